The Labute approximate surface area is 140 Å². The summed E-state index contributed by atoms with van der Waals surface area (Å²) in [5.74, 6) is -1.54. The molecule has 0 bridgehead atoms. The van der Waals surface area contributed by atoms with Crippen LogP contribution in [-0.4, -0.2) is 21.4 Å². The van der Waals surface area contributed by atoms with Crippen LogP contribution in [0.4, 0.5) is 11.4 Å². The lowest BCUT2D eigenvalue weighted by atomic mass is 9.86. The van der Waals surface area contributed by atoms with Gasteiger partial charge in [-0.15, -0.1) is 0 Å². The van der Waals surface area contributed by atoms with Gasteiger partial charge >= 0.3 is 0 Å². The molecule has 0 unspecified atom stereocenters. The van der Waals surface area contributed by atoms with E-state index in [1.165, 1.54) is 18.2 Å². The Morgan fingerprint density at radius 1 is 0.800 bits per heavy atom. The average Bonchev–Trinajstić information content (AvgIpc) is 2.59. The van der Waals surface area contributed by atoms with E-state index < -0.39 is 32.8 Å². The molecule has 8 nitrogen and oxygen atoms in total. The first-order valence-corrected chi connectivity index (χ1v) is 7.19. The Kier molecular flexibility index (Phi) is 3.94. The highest BCUT2D eigenvalue weighted by Crippen LogP contribution is 2.32. The van der Waals surface area contributed by atoms with Crippen LogP contribution in [0.5, 0.6) is 0 Å². The molecule has 1 aliphatic carbocycles. The summed E-state index contributed by atoms with van der Waals surface area (Å²) >= 11 is 0. The summed E-state index contributed by atoms with van der Waals surface area (Å²) < 4.78 is 0. The topological polar surface area (TPSA) is 120 Å². The molecule has 0 saturated carbocycles. The second kappa shape index (κ2) is 6.08. The molecule has 0 fully saturated rings. The van der Waals surface area contributed by atoms with E-state index in [4.69, 9.17) is 0 Å². The molecule has 0 radical (unpaired) electrons. The zero-order chi connectivity index (χ0) is 18.1. The smallest absolute Gasteiger partial charge is 0.279 e. The standard InChI is InChI=1S/C17H10N2O6/c20-16-11(8-10-4-1-2-5-12(10)17(16)21)9-13-14(18(22)23)6-3-7-15(13)19(24)25/h1-8H,9H2. The van der Waals surface area contributed by atoms with Crippen molar-refractivity contribution in [3.8, 4) is 0 Å². The number of allylic oxidation sites excluding steroid dienone is 1. The summed E-state index contributed by atoms with van der Waals surface area (Å²) in [7, 11) is 0. The minimum atomic E-state index is -0.814. The van der Waals surface area contributed by atoms with Crippen LogP contribution in [0.1, 0.15) is 21.5 Å². The fourth-order valence-electron chi connectivity index (χ4n) is 2.76. The number of nitrogens with zero attached hydrogens (tertiary/aromatic N) is 2. The van der Waals surface area contributed by atoms with E-state index >= 15 is 0 Å². The zero-order valence-corrected chi connectivity index (χ0v) is 12.7. The number of nitro benzene ring substituents is 2. The molecule has 0 amide bonds. The lowest BCUT2D eigenvalue weighted by Crippen LogP contribution is -2.22. The predicted octanol–water partition coefficient (Wildman–Crippen LogP) is 2.89. The molecule has 1 aliphatic rings. The molecule has 124 valence electrons. The molecule has 8 heteroatoms. The Morgan fingerprint density at radius 2 is 1.40 bits per heavy atom. The third kappa shape index (κ3) is 2.80. The Balaban J connectivity index is 2.13. The van der Waals surface area contributed by atoms with Gasteiger partial charge in [0, 0.05) is 29.7 Å². The van der Waals surface area contributed by atoms with Gasteiger partial charge in [0.2, 0.25) is 11.6 Å². The number of carbonyl (C=O) groups is 2. The fraction of sp³-hybridized carbons (Fsp3) is 0.0588. The first-order chi connectivity index (χ1) is 11.9. The Bertz CT molecular complexity index is 945. The van der Waals surface area contributed by atoms with Crippen LogP contribution in [0.15, 0.2) is 48.0 Å². The van der Waals surface area contributed by atoms with Crippen molar-refractivity contribution in [3.05, 3.63) is 85.0 Å². The second-order valence-electron chi connectivity index (χ2n) is 5.38. The van der Waals surface area contributed by atoms with E-state index in [-0.39, 0.29) is 23.1 Å². The van der Waals surface area contributed by atoms with Crippen LogP contribution >= 0.6 is 0 Å². The third-order valence-electron chi connectivity index (χ3n) is 3.92. The van der Waals surface area contributed by atoms with Gasteiger partial charge in [-0.1, -0.05) is 24.3 Å². The molecule has 0 aliphatic heterocycles. The van der Waals surface area contributed by atoms with Crippen LogP contribution < -0.4 is 0 Å². The number of rotatable bonds is 4. The van der Waals surface area contributed by atoms with Crippen molar-refractivity contribution in [2.75, 3.05) is 0 Å². The normalized spacial score (nSPS) is 13.2. The van der Waals surface area contributed by atoms with E-state index in [0.717, 1.165) is 12.1 Å². The van der Waals surface area contributed by atoms with E-state index in [2.05, 4.69) is 0 Å². The molecular formula is C17H10N2O6. The molecule has 0 heterocycles. The van der Waals surface area contributed by atoms with Crippen molar-refractivity contribution in [3.63, 3.8) is 0 Å². The van der Waals surface area contributed by atoms with Crippen molar-refractivity contribution in [2.45, 2.75) is 6.42 Å². The minimum Gasteiger partial charge on any atom is -0.285 e. The second-order valence-corrected chi connectivity index (χ2v) is 5.38. The molecule has 0 aromatic heterocycles. The van der Waals surface area contributed by atoms with Crippen molar-refractivity contribution < 1.29 is 19.4 Å². The number of benzene rings is 2. The summed E-state index contributed by atoms with van der Waals surface area (Å²) in [6.45, 7) is 0. The van der Waals surface area contributed by atoms with Crippen LogP contribution in [0.2, 0.25) is 0 Å². The highest BCUT2D eigenvalue weighted by atomic mass is 16.6. The number of hydrogen-bond donors (Lipinski definition) is 0. The van der Waals surface area contributed by atoms with E-state index in [0.29, 0.717) is 5.56 Å². The van der Waals surface area contributed by atoms with Gasteiger partial charge in [0.1, 0.15) is 5.56 Å². The highest BCUT2D eigenvalue weighted by molar-refractivity contribution is 6.51. The summed E-state index contributed by atoms with van der Waals surface area (Å²) in [5, 5.41) is 22.4. The van der Waals surface area contributed by atoms with Crippen molar-refractivity contribution in [2.24, 2.45) is 0 Å². The highest BCUT2D eigenvalue weighted by Gasteiger charge is 2.32. The van der Waals surface area contributed by atoms with Gasteiger partial charge in [-0.3, -0.25) is 29.8 Å². The molecule has 2 aromatic rings. The maximum absolute atomic E-state index is 12.3. The van der Waals surface area contributed by atoms with Gasteiger partial charge < -0.3 is 0 Å². The number of Topliss-reactive ketones (excluding diaryl/α,β-unsaturated/α-hetero) is 2. The SMILES string of the molecule is O=C1C(=O)c2ccccc2C=C1Cc1c([N+](=O)[O-])cccc1[N+](=O)[O-]. The van der Waals surface area contributed by atoms with Crippen LogP contribution in [0, 0.1) is 20.2 Å². The third-order valence-corrected chi connectivity index (χ3v) is 3.92. The molecule has 0 atom stereocenters. The maximum Gasteiger partial charge on any atom is 0.279 e. The zero-order valence-electron chi connectivity index (χ0n) is 12.7. The largest absolute Gasteiger partial charge is 0.285 e. The first-order valence-electron chi connectivity index (χ1n) is 7.19. The first kappa shape index (κ1) is 16.2. The van der Waals surface area contributed by atoms with Crippen LogP contribution in [0.3, 0.4) is 0 Å². The monoisotopic (exact) mass is 338 g/mol. The van der Waals surface area contributed by atoms with E-state index in [9.17, 15) is 29.8 Å². The summed E-state index contributed by atoms with van der Waals surface area (Å²) in [5.41, 5.74) is -0.398. The Hall–Kier alpha value is -3.68. The summed E-state index contributed by atoms with van der Waals surface area (Å²) in [6.07, 6.45) is 1.08. The molecule has 0 spiro atoms. The van der Waals surface area contributed by atoms with Gasteiger partial charge in [0.15, 0.2) is 0 Å². The van der Waals surface area contributed by atoms with Gasteiger partial charge in [0.25, 0.3) is 11.4 Å². The molecule has 0 saturated heterocycles. The van der Waals surface area contributed by atoms with Gasteiger partial charge in [0.05, 0.1) is 9.85 Å². The van der Waals surface area contributed by atoms with E-state index in [1.807, 2.05) is 0 Å². The van der Waals surface area contributed by atoms with Crippen LogP contribution in [0.25, 0.3) is 6.08 Å². The van der Waals surface area contributed by atoms with Crippen molar-refractivity contribution in [1.29, 1.82) is 0 Å². The Morgan fingerprint density at radius 3 is 2.00 bits per heavy atom. The molecular weight excluding hydrogens is 328 g/mol. The lowest BCUT2D eigenvalue weighted by molar-refractivity contribution is -0.395. The number of fused-ring (bicyclic) bond motifs is 1. The average molecular weight is 338 g/mol. The van der Waals surface area contributed by atoms with Gasteiger partial charge in [-0.05, 0) is 17.7 Å². The van der Waals surface area contributed by atoms with Crippen molar-refractivity contribution in [1.82, 2.24) is 0 Å². The van der Waals surface area contributed by atoms with Crippen LogP contribution in [-0.2, 0) is 11.2 Å². The van der Waals surface area contributed by atoms with Gasteiger partial charge in [-0.25, -0.2) is 0 Å². The molecule has 0 N–H and O–H groups in total. The predicted molar refractivity (Wildman–Crippen MR) is 87.2 cm³/mol. The lowest BCUT2D eigenvalue weighted by Gasteiger charge is -2.14. The van der Waals surface area contributed by atoms with Crippen molar-refractivity contribution >= 4 is 29.0 Å². The fourth-order valence-corrected chi connectivity index (χ4v) is 2.76. The number of nitro groups is 2. The van der Waals surface area contributed by atoms with Gasteiger partial charge in [-0.2, -0.15) is 0 Å². The number of ketones is 2. The summed E-state index contributed by atoms with van der Waals surface area (Å²) in [4.78, 5) is 45.4. The van der Waals surface area contributed by atoms with E-state index in [1.54, 1.807) is 18.2 Å². The molecule has 25 heavy (non-hydrogen) atoms. The molecule has 2 aromatic carbocycles. The maximum atomic E-state index is 12.3. The number of carbonyl (C=O) groups excluding carboxylic acids is 2. The summed E-state index contributed by atoms with van der Waals surface area (Å²) in [6, 6.07) is 9.91. The number of hydrogen-bond acceptors (Lipinski definition) is 6. The minimum absolute atomic E-state index is 0.0129. The quantitative estimate of drug-likeness (QED) is 0.480. The molecule has 3 rings (SSSR count).